The lowest BCUT2D eigenvalue weighted by Gasteiger charge is -1.99. The first kappa shape index (κ1) is 9.08. The Balaban J connectivity index is 2.60. The topological polar surface area (TPSA) is 33.6 Å². The first-order valence-corrected chi connectivity index (χ1v) is 4.46. The highest BCUT2D eigenvalue weighted by Crippen LogP contribution is 2.16. The molecule has 0 spiro atoms. The molecule has 1 heterocycles. The molecule has 2 rings (SSSR count). The molecule has 0 bridgehead atoms. The minimum atomic E-state index is -0.281. The third kappa shape index (κ3) is 1.46. The fourth-order valence-electron chi connectivity index (χ4n) is 1.23. The van der Waals surface area contributed by atoms with Crippen molar-refractivity contribution in [1.82, 2.24) is 14.8 Å². The van der Waals surface area contributed by atoms with Crippen LogP contribution in [-0.4, -0.2) is 14.8 Å². The van der Waals surface area contributed by atoms with Gasteiger partial charge in [-0.15, -0.1) is 0 Å². The van der Waals surface area contributed by atoms with E-state index in [1.165, 1.54) is 12.1 Å². The molecule has 0 radical (unpaired) electrons. The molecule has 3 nitrogen and oxygen atoms in total. The van der Waals surface area contributed by atoms with Crippen LogP contribution < -0.4 is 0 Å². The van der Waals surface area contributed by atoms with E-state index in [0.29, 0.717) is 16.2 Å². The summed E-state index contributed by atoms with van der Waals surface area (Å²) in [6, 6.07) is 6.24. The van der Waals surface area contributed by atoms with Gasteiger partial charge in [-0.1, -0.05) is 12.1 Å². The number of H-pyrrole nitrogens is 1. The summed E-state index contributed by atoms with van der Waals surface area (Å²) in [5, 5.41) is 6.65. The van der Waals surface area contributed by atoms with Gasteiger partial charge in [0, 0.05) is 12.6 Å². The third-order valence-electron chi connectivity index (χ3n) is 1.96. The minimum Gasteiger partial charge on any atom is -0.303 e. The average molecular weight is 209 g/mol. The second-order valence-electron chi connectivity index (χ2n) is 2.92. The number of aromatic amines is 1. The Hall–Kier alpha value is -1.49. The first-order chi connectivity index (χ1) is 6.68. The number of nitrogens with one attached hydrogen (secondary N) is 1. The predicted molar refractivity (Wildman–Crippen MR) is 53.8 cm³/mol. The van der Waals surface area contributed by atoms with Crippen molar-refractivity contribution in [2.24, 2.45) is 7.05 Å². The largest absolute Gasteiger partial charge is 0.303 e. The SMILES string of the molecule is Cn1c(-c2cccc(F)c2)n[nH]c1=S. The number of hydrogen-bond donors (Lipinski definition) is 1. The molecule has 0 aliphatic carbocycles. The maximum atomic E-state index is 12.9. The third-order valence-corrected chi connectivity index (χ3v) is 2.33. The van der Waals surface area contributed by atoms with Gasteiger partial charge in [0.05, 0.1) is 0 Å². The summed E-state index contributed by atoms with van der Waals surface area (Å²) in [5.74, 6) is 0.353. The van der Waals surface area contributed by atoms with Gasteiger partial charge in [0.2, 0.25) is 0 Å². The highest BCUT2D eigenvalue weighted by Gasteiger charge is 2.05. The van der Waals surface area contributed by atoms with Crippen molar-refractivity contribution in [3.8, 4) is 11.4 Å². The molecule has 0 amide bonds. The van der Waals surface area contributed by atoms with Crippen LogP contribution in [0.5, 0.6) is 0 Å². The van der Waals surface area contributed by atoms with Crippen molar-refractivity contribution >= 4 is 12.2 Å². The van der Waals surface area contributed by atoms with Gasteiger partial charge in [-0.25, -0.2) is 4.39 Å². The van der Waals surface area contributed by atoms with Crippen molar-refractivity contribution in [3.05, 3.63) is 34.9 Å². The van der Waals surface area contributed by atoms with E-state index in [1.807, 2.05) is 0 Å². The second kappa shape index (κ2) is 3.34. The first-order valence-electron chi connectivity index (χ1n) is 4.06. The quantitative estimate of drug-likeness (QED) is 0.731. The summed E-state index contributed by atoms with van der Waals surface area (Å²) < 4.78 is 15.1. The van der Waals surface area contributed by atoms with E-state index in [0.717, 1.165) is 0 Å². The van der Waals surface area contributed by atoms with Crippen LogP contribution in [0.2, 0.25) is 0 Å². The summed E-state index contributed by atoms with van der Waals surface area (Å²) in [4.78, 5) is 0. The number of aromatic nitrogens is 3. The van der Waals surface area contributed by atoms with Gasteiger partial charge in [0.15, 0.2) is 10.6 Å². The molecule has 1 aromatic heterocycles. The molecule has 0 aliphatic rings. The Bertz CT molecular complexity index is 515. The van der Waals surface area contributed by atoms with Crippen LogP contribution in [0.25, 0.3) is 11.4 Å². The summed E-state index contributed by atoms with van der Waals surface area (Å²) in [6.45, 7) is 0. The molecule has 5 heteroatoms. The smallest absolute Gasteiger partial charge is 0.195 e. The molecule has 2 aromatic rings. The minimum absolute atomic E-state index is 0.281. The molecule has 14 heavy (non-hydrogen) atoms. The lowest BCUT2D eigenvalue weighted by molar-refractivity contribution is 0.628. The zero-order valence-electron chi connectivity index (χ0n) is 7.49. The van der Waals surface area contributed by atoms with Crippen molar-refractivity contribution < 1.29 is 4.39 Å². The fraction of sp³-hybridized carbons (Fsp3) is 0.111. The highest BCUT2D eigenvalue weighted by atomic mass is 32.1. The summed E-state index contributed by atoms with van der Waals surface area (Å²) in [7, 11) is 1.78. The molecule has 1 aromatic carbocycles. The lowest BCUT2D eigenvalue weighted by atomic mass is 10.2. The molecule has 0 saturated heterocycles. The second-order valence-corrected chi connectivity index (χ2v) is 3.31. The Morgan fingerprint density at radius 2 is 2.29 bits per heavy atom. The van der Waals surface area contributed by atoms with Crippen molar-refractivity contribution in [2.75, 3.05) is 0 Å². The molecular formula is C9H8FN3S. The van der Waals surface area contributed by atoms with Gasteiger partial charge >= 0.3 is 0 Å². The standard InChI is InChI=1S/C9H8FN3S/c1-13-8(11-12-9(13)14)6-3-2-4-7(10)5-6/h2-5H,1H3,(H,12,14). The summed E-state index contributed by atoms with van der Waals surface area (Å²) in [6.07, 6.45) is 0. The number of halogens is 1. The zero-order chi connectivity index (χ0) is 10.1. The normalized spacial score (nSPS) is 10.4. The number of hydrogen-bond acceptors (Lipinski definition) is 2. The Labute approximate surface area is 85.2 Å². The van der Waals surface area contributed by atoms with Crippen LogP contribution in [0.1, 0.15) is 0 Å². The fourth-order valence-corrected chi connectivity index (χ4v) is 1.36. The predicted octanol–water partition coefficient (Wildman–Crippen LogP) is 2.28. The van der Waals surface area contributed by atoms with Crippen molar-refractivity contribution in [1.29, 1.82) is 0 Å². The average Bonchev–Trinajstić information content (AvgIpc) is 2.48. The summed E-state index contributed by atoms with van der Waals surface area (Å²) in [5.41, 5.74) is 0.708. The Morgan fingerprint density at radius 3 is 2.86 bits per heavy atom. The lowest BCUT2D eigenvalue weighted by Crippen LogP contribution is -1.92. The number of rotatable bonds is 1. The van der Waals surface area contributed by atoms with E-state index in [9.17, 15) is 4.39 Å². The van der Waals surface area contributed by atoms with Crippen LogP contribution in [0.15, 0.2) is 24.3 Å². The van der Waals surface area contributed by atoms with Crippen LogP contribution in [0.3, 0.4) is 0 Å². The van der Waals surface area contributed by atoms with E-state index in [2.05, 4.69) is 10.2 Å². The van der Waals surface area contributed by atoms with Gasteiger partial charge < -0.3 is 4.57 Å². The Kier molecular flexibility index (Phi) is 2.17. The van der Waals surface area contributed by atoms with Gasteiger partial charge in [0.1, 0.15) is 5.82 Å². The van der Waals surface area contributed by atoms with Gasteiger partial charge in [-0.05, 0) is 24.4 Å². The van der Waals surface area contributed by atoms with E-state index < -0.39 is 0 Å². The van der Waals surface area contributed by atoms with E-state index in [-0.39, 0.29) is 5.82 Å². The molecule has 0 unspecified atom stereocenters. The molecule has 72 valence electrons. The molecule has 0 atom stereocenters. The van der Waals surface area contributed by atoms with Gasteiger partial charge in [-0.2, -0.15) is 5.10 Å². The van der Waals surface area contributed by atoms with Crippen LogP contribution in [0, 0.1) is 10.6 Å². The number of benzene rings is 1. The van der Waals surface area contributed by atoms with Crippen LogP contribution >= 0.6 is 12.2 Å². The maximum absolute atomic E-state index is 12.9. The zero-order valence-corrected chi connectivity index (χ0v) is 8.31. The van der Waals surface area contributed by atoms with Gasteiger partial charge in [0.25, 0.3) is 0 Å². The van der Waals surface area contributed by atoms with E-state index in [1.54, 1.807) is 23.7 Å². The molecule has 0 fully saturated rings. The van der Waals surface area contributed by atoms with Crippen molar-refractivity contribution in [2.45, 2.75) is 0 Å². The van der Waals surface area contributed by atoms with Crippen LogP contribution in [-0.2, 0) is 7.05 Å². The maximum Gasteiger partial charge on any atom is 0.195 e. The Morgan fingerprint density at radius 1 is 1.50 bits per heavy atom. The van der Waals surface area contributed by atoms with Crippen molar-refractivity contribution in [3.63, 3.8) is 0 Å². The van der Waals surface area contributed by atoms with E-state index in [4.69, 9.17) is 12.2 Å². The number of nitrogens with zero attached hydrogens (tertiary/aromatic N) is 2. The molecular weight excluding hydrogens is 201 g/mol. The monoisotopic (exact) mass is 209 g/mol. The molecule has 0 saturated carbocycles. The van der Waals surface area contributed by atoms with Crippen LogP contribution in [0.4, 0.5) is 4.39 Å². The molecule has 0 aliphatic heterocycles. The molecule has 1 N–H and O–H groups in total. The highest BCUT2D eigenvalue weighted by molar-refractivity contribution is 7.71. The van der Waals surface area contributed by atoms with Gasteiger partial charge in [-0.3, -0.25) is 5.10 Å². The van der Waals surface area contributed by atoms with E-state index >= 15 is 0 Å². The summed E-state index contributed by atoms with van der Waals surface area (Å²) >= 11 is 4.96.